The van der Waals surface area contributed by atoms with E-state index in [9.17, 15) is 9.59 Å². The first-order valence-electron chi connectivity index (χ1n) is 4.81. The van der Waals surface area contributed by atoms with E-state index in [1.54, 1.807) is 18.2 Å². The minimum absolute atomic E-state index is 0.291. The number of aldehydes is 1. The summed E-state index contributed by atoms with van der Waals surface area (Å²) in [5, 5.41) is 0. The van der Waals surface area contributed by atoms with E-state index in [2.05, 4.69) is 0 Å². The lowest BCUT2D eigenvalue weighted by atomic mass is 10.0. The molecule has 1 rings (SSSR count). The van der Waals surface area contributed by atoms with Crippen molar-refractivity contribution in [3.05, 3.63) is 29.3 Å². The highest BCUT2D eigenvalue weighted by Crippen LogP contribution is 2.22. The van der Waals surface area contributed by atoms with E-state index in [0.717, 1.165) is 11.8 Å². The van der Waals surface area contributed by atoms with Crippen LogP contribution in [0.15, 0.2) is 18.2 Å². The average molecular weight is 206 g/mol. The van der Waals surface area contributed by atoms with E-state index in [-0.39, 0.29) is 5.97 Å². The fraction of sp³-hybridized carbons (Fsp3) is 0.333. The number of esters is 1. The topological polar surface area (TPSA) is 43.4 Å². The Morgan fingerprint density at radius 1 is 1.33 bits per heavy atom. The van der Waals surface area contributed by atoms with Crippen LogP contribution in [0.4, 0.5) is 0 Å². The number of carbonyl (C=O) groups is 2. The quantitative estimate of drug-likeness (QED) is 0.433. The molecule has 0 aliphatic rings. The maximum Gasteiger partial charge on any atom is 0.308 e. The van der Waals surface area contributed by atoms with Crippen molar-refractivity contribution >= 4 is 12.3 Å². The second kappa shape index (κ2) is 4.73. The molecule has 0 amide bonds. The Balaban J connectivity index is 3.10. The summed E-state index contributed by atoms with van der Waals surface area (Å²) in [5.74, 6) is 0.336. The molecule has 0 aromatic heterocycles. The number of carbonyl (C=O) groups excluding carboxylic acids is 2. The van der Waals surface area contributed by atoms with Gasteiger partial charge >= 0.3 is 5.97 Å². The molecule has 0 radical (unpaired) electrons. The van der Waals surface area contributed by atoms with Crippen LogP contribution in [0, 0.1) is 0 Å². The van der Waals surface area contributed by atoms with Crippen LogP contribution in [0.5, 0.6) is 5.75 Å². The lowest BCUT2D eigenvalue weighted by Crippen LogP contribution is -2.03. The van der Waals surface area contributed by atoms with Crippen LogP contribution in [0.1, 0.15) is 42.6 Å². The van der Waals surface area contributed by atoms with Crippen molar-refractivity contribution in [2.24, 2.45) is 0 Å². The van der Waals surface area contributed by atoms with Gasteiger partial charge in [-0.2, -0.15) is 0 Å². The zero-order valence-electron chi connectivity index (χ0n) is 9.11. The molecule has 3 heteroatoms. The molecule has 3 nitrogen and oxygen atoms in total. The van der Waals surface area contributed by atoms with Crippen molar-refractivity contribution in [3.63, 3.8) is 0 Å². The first-order chi connectivity index (χ1) is 7.02. The summed E-state index contributed by atoms with van der Waals surface area (Å²) in [7, 11) is 0. The molecule has 0 fully saturated rings. The molecule has 0 aliphatic carbocycles. The van der Waals surface area contributed by atoms with Crippen LogP contribution in [0.3, 0.4) is 0 Å². The maximum absolute atomic E-state index is 10.8. The maximum atomic E-state index is 10.8. The summed E-state index contributed by atoms with van der Waals surface area (Å²) in [6.07, 6.45) is 0.749. The van der Waals surface area contributed by atoms with E-state index < -0.39 is 0 Å². The van der Waals surface area contributed by atoms with Crippen molar-refractivity contribution in [2.75, 3.05) is 0 Å². The highest BCUT2D eigenvalue weighted by atomic mass is 16.5. The van der Waals surface area contributed by atoms with E-state index in [0.29, 0.717) is 17.2 Å². The second-order valence-electron chi connectivity index (χ2n) is 3.70. The van der Waals surface area contributed by atoms with E-state index in [1.165, 1.54) is 6.92 Å². The van der Waals surface area contributed by atoms with Crippen LogP contribution in [-0.4, -0.2) is 12.3 Å². The first-order valence-corrected chi connectivity index (χ1v) is 4.81. The van der Waals surface area contributed by atoms with Gasteiger partial charge in [0.2, 0.25) is 0 Å². The molecule has 0 saturated carbocycles. The van der Waals surface area contributed by atoms with Gasteiger partial charge in [0.25, 0.3) is 0 Å². The zero-order valence-corrected chi connectivity index (χ0v) is 9.11. The predicted molar refractivity (Wildman–Crippen MR) is 57.2 cm³/mol. The standard InChI is InChI=1S/C12H14O3/c1-8(2)11-4-10(7-13)5-12(6-11)15-9(3)14/h4-8H,1-3H3. The van der Waals surface area contributed by atoms with Crippen LogP contribution in [-0.2, 0) is 4.79 Å². The second-order valence-corrected chi connectivity index (χ2v) is 3.70. The lowest BCUT2D eigenvalue weighted by molar-refractivity contribution is -0.131. The molecule has 0 spiro atoms. The summed E-state index contributed by atoms with van der Waals surface area (Å²) in [6.45, 7) is 5.37. The number of ether oxygens (including phenoxy) is 1. The lowest BCUT2D eigenvalue weighted by Gasteiger charge is -2.09. The minimum Gasteiger partial charge on any atom is -0.427 e. The summed E-state index contributed by atoms with van der Waals surface area (Å²) in [6, 6.07) is 5.13. The fourth-order valence-electron chi connectivity index (χ4n) is 1.27. The van der Waals surface area contributed by atoms with Gasteiger partial charge in [-0.15, -0.1) is 0 Å². The highest BCUT2D eigenvalue weighted by molar-refractivity contribution is 5.77. The van der Waals surface area contributed by atoms with Crippen molar-refractivity contribution in [1.29, 1.82) is 0 Å². The van der Waals surface area contributed by atoms with Crippen LogP contribution < -0.4 is 4.74 Å². The molecule has 0 aliphatic heterocycles. The van der Waals surface area contributed by atoms with Crippen molar-refractivity contribution < 1.29 is 14.3 Å². The van der Waals surface area contributed by atoms with Gasteiger partial charge in [-0.25, -0.2) is 0 Å². The molecule has 0 N–H and O–H groups in total. The highest BCUT2D eigenvalue weighted by Gasteiger charge is 2.06. The number of benzene rings is 1. The van der Waals surface area contributed by atoms with Crippen LogP contribution in [0.2, 0.25) is 0 Å². The minimum atomic E-state index is -0.382. The molecule has 1 aromatic rings. The van der Waals surface area contributed by atoms with E-state index in [4.69, 9.17) is 4.74 Å². The van der Waals surface area contributed by atoms with E-state index in [1.807, 2.05) is 13.8 Å². The van der Waals surface area contributed by atoms with Gasteiger partial charge < -0.3 is 4.74 Å². The van der Waals surface area contributed by atoms with Crippen LogP contribution in [0.25, 0.3) is 0 Å². The SMILES string of the molecule is CC(=O)Oc1cc(C=O)cc(C(C)C)c1. The number of rotatable bonds is 3. The summed E-state index contributed by atoms with van der Waals surface area (Å²) < 4.78 is 4.95. The first kappa shape index (κ1) is 11.4. The van der Waals surface area contributed by atoms with Gasteiger partial charge in [-0.3, -0.25) is 9.59 Å². The third kappa shape index (κ3) is 3.20. The molecule has 0 heterocycles. The fourth-order valence-corrected chi connectivity index (χ4v) is 1.27. The van der Waals surface area contributed by atoms with Gasteiger partial charge in [-0.1, -0.05) is 13.8 Å². The average Bonchev–Trinajstić information content (AvgIpc) is 2.16. The molecule has 0 unspecified atom stereocenters. The van der Waals surface area contributed by atoms with Crippen molar-refractivity contribution in [3.8, 4) is 5.75 Å². The van der Waals surface area contributed by atoms with Gasteiger partial charge in [0, 0.05) is 12.5 Å². The smallest absolute Gasteiger partial charge is 0.308 e. The van der Waals surface area contributed by atoms with Gasteiger partial charge in [0.1, 0.15) is 12.0 Å². The summed E-state index contributed by atoms with van der Waals surface area (Å²) >= 11 is 0. The Labute approximate surface area is 89.1 Å². The molecule has 0 atom stereocenters. The molecule has 15 heavy (non-hydrogen) atoms. The Morgan fingerprint density at radius 2 is 2.00 bits per heavy atom. The van der Waals surface area contributed by atoms with Crippen molar-refractivity contribution in [1.82, 2.24) is 0 Å². The Morgan fingerprint density at radius 3 is 2.47 bits per heavy atom. The van der Waals surface area contributed by atoms with Crippen molar-refractivity contribution in [2.45, 2.75) is 26.7 Å². The molecule has 0 bridgehead atoms. The Kier molecular flexibility index (Phi) is 3.61. The molecule has 1 aromatic carbocycles. The Bertz CT molecular complexity index is 380. The predicted octanol–water partition coefficient (Wildman–Crippen LogP) is 2.55. The molecular formula is C12H14O3. The monoisotopic (exact) mass is 206 g/mol. The van der Waals surface area contributed by atoms with Gasteiger partial charge in [-0.05, 0) is 29.7 Å². The zero-order chi connectivity index (χ0) is 11.4. The normalized spacial score (nSPS) is 10.1. The largest absolute Gasteiger partial charge is 0.427 e. The summed E-state index contributed by atoms with van der Waals surface area (Å²) in [5.41, 5.74) is 1.51. The number of hydrogen-bond acceptors (Lipinski definition) is 3. The Hall–Kier alpha value is -1.64. The van der Waals surface area contributed by atoms with Gasteiger partial charge in [0.05, 0.1) is 0 Å². The van der Waals surface area contributed by atoms with Crippen LogP contribution >= 0.6 is 0 Å². The molecular weight excluding hydrogens is 192 g/mol. The van der Waals surface area contributed by atoms with Gasteiger partial charge in [0.15, 0.2) is 0 Å². The molecule has 80 valence electrons. The molecule has 0 saturated heterocycles. The summed E-state index contributed by atoms with van der Waals surface area (Å²) in [4.78, 5) is 21.5. The third-order valence-corrected chi connectivity index (χ3v) is 2.02. The van der Waals surface area contributed by atoms with E-state index >= 15 is 0 Å². The third-order valence-electron chi connectivity index (χ3n) is 2.02. The number of hydrogen-bond donors (Lipinski definition) is 0.